The fraction of sp³-hybridized carbons (Fsp3) is 0.444. The zero-order valence-corrected chi connectivity index (χ0v) is 23.2. The van der Waals surface area contributed by atoms with E-state index in [1.807, 2.05) is 13.8 Å². The molecule has 3 rings (SSSR count). The van der Waals surface area contributed by atoms with E-state index in [2.05, 4.69) is 5.32 Å². The third-order valence-corrected chi connectivity index (χ3v) is 8.47. The molecular weight excluding hydrogens is 529 g/mol. The molecule has 0 aromatic heterocycles. The molecule has 10 nitrogen and oxygen atoms in total. The van der Waals surface area contributed by atoms with Gasteiger partial charge in [-0.1, -0.05) is 13.8 Å². The molecule has 0 aliphatic carbocycles. The van der Waals surface area contributed by atoms with Crippen LogP contribution >= 0.6 is 0 Å². The number of halogens is 1. The number of hydrogen-bond acceptors (Lipinski definition) is 7. The molecule has 3 N–H and O–H groups in total. The molecule has 1 aliphatic heterocycles. The van der Waals surface area contributed by atoms with Crippen molar-refractivity contribution in [1.29, 1.82) is 0 Å². The molecule has 2 aromatic rings. The summed E-state index contributed by atoms with van der Waals surface area (Å²) in [7, 11) is -1.22. The van der Waals surface area contributed by atoms with E-state index in [1.165, 1.54) is 26.4 Å². The molecule has 0 bridgehead atoms. The molecule has 2 aromatic carbocycles. The second kappa shape index (κ2) is 12.6. The van der Waals surface area contributed by atoms with Crippen molar-refractivity contribution < 1.29 is 36.7 Å². The maximum atomic E-state index is 13.7. The average molecular weight is 564 g/mol. The van der Waals surface area contributed by atoms with Crippen LogP contribution in [0.4, 0.5) is 4.39 Å². The summed E-state index contributed by atoms with van der Waals surface area (Å²) in [6.07, 6.45) is 0.828. The molecular formula is C27H34FN3O7S. The van der Waals surface area contributed by atoms with Crippen LogP contribution in [0.3, 0.4) is 0 Å². The van der Waals surface area contributed by atoms with Gasteiger partial charge in [0.25, 0.3) is 0 Å². The Hall–Kier alpha value is -3.51. The van der Waals surface area contributed by atoms with Gasteiger partial charge >= 0.3 is 0 Å². The van der Waals surface area contributed by atoms with Crippen molar-refractivity contribution in [2.45, 2.75) is 50.0 Å². The molecule has 1 aliphatic rings. The lowest BCUT2D eigenvalue weighted by molar-refractivity contribution is -0.128. The van der Waals surface area contributed by atoms with Crippen molar-refractivity contribution in [1.82, 2.24) is 9.62 Å². The molecule has 0 saturated carbocycles. The molecule has 2 amide bonds. The van der Waals surface area contributed by atoms with Gasteiger partial charge in [-0.15, -0.1) is 0 Å². The highest BCUT2D eigenvalue weighted by atomic mass is 32.2. The Kier molecular flexibility index (Phi) is 9.68. The van der Waals surface area contributed by atoms with Gasteiger partial charge in [-0.25, -0.2) is 12.8 Å². The fourth-order valence-corrected chi connectivity index (χ4v) is 6.17. The standard InChI is InChI=1S/C27H34FN3O7S/c1-16(2)14-20(24-19(26(29)33)11-12-23(37-3)25(24)38-4)27(34)30-21-6-5-13-31(15-22(21)32)39(35,36)18-9-7-17(28)8-10-18/h7-12,16,20-21H,5-6,13-15H2,1-4H3,(H2,29,33)(H,30,34)/t20-,21?/m0/s1. The predicted octanol–water partition coefficient (Wildman–Crippen LogP) is 2.61. The number of nitrogens with one attached hydrogen (secondary N) is 1. The third-order valence-electron chi connectivity index (χ3n) is 6.61. The lowest BCUT2D eigenvalue weighted by Gasteiger charge is -2.26. The van der Waals surface area contributed by atoms with Crippen molar-refractivity contribution >= 4 is 27.6 Å². The number of sulfonamides is 1. The maximum Gasteiger partial charge on any atom is 0.249 e. The first-order valence-corrected chi connectivity index (χ1v) is 14.0. The highest BCUT2D eigenvalue weighted by molar-refractivity contribution is 7.89. The highest BCUT2D eigenvalue weighted by Gasteiger charge is 2.36. The molecule has 2 atom stereocenters. The van der Waals surface area contributed by atoms with Crippen LogP contribution in [0.2, 0.25) is 0 Å². The summed E-state index contributed by atoms with van der Waals surface area (Å²) in [5, 5.41) is 2.78. The van der Waals surface area contributed by atoms with Crippen molar-refractivity contribution in [2.24, 2.45) is 11.7 Å². The van der Waals surface area contributed by atoms with Gasteiger partial charge in [0.05, 0.1) is 37.6 Å². The summed E-state index contributed by atoms with van der Waals surface area (Å²) >= 11 is 0. The normalized spacial score (nSPS) is 17.4. The Morgan fingerprint density at radius 1 is 1.13 bits per heavy atom. The molecule has 212 valence electrons. The molecule has 12 heteroatoms. The minimum atomic E-state index is -4.04. The quantitative estimate of drug-likeness (QED) is 0.452. The predicted molar refractivity (Wildman–Crippen MR) is 142 cm³/mol. The number of ether oxygens (including phenoxy) is 2. The molecule has 39 heavy (non-hydrogen) atoms. The molecule has 0 spiro atoms. The van der Waals surface area contributed by atoms with Gasteiger partial charge in [0, 0.05) is 17.7 Å². The van der Waals surface area contributed by atoms with Gasteiger partial charge in [-0.3, -0.25) is 14.4 Å². The lowest BCUT2D eigenvalue weighted by Crippen LogP contribution is -2.46. The number of hydrogen-bond donors (Lipinski definition) is 2. The first-order valence-electron chi connectivity index (χ1n) is 12.5. The van der Waals surface area contributed by atoms with E-state index in [4.69, 9.17) is 15.2 Å². The number of carbonyl (C=O) groups excluding carboxylic acids is 3. The van der Waals surface area contributed by atoms with Gasteiger partial charge in [0.1, 0.15) is 5.82 Å². The third kappa shape index (κ3) is 6.74. The Balaban J connectivity index is 1.90. The summed E-state index contributed by atoms with van der Waals surface area (Å²) in [5.74, 6) is -2.73. The molecule has 1 saturated heterocycles. The highest BCUT2D eigenvalue weighted by Crippen LogP contribution is 2.41. The van der Waals surface area contributed by atoms with Gasteiger partial charge in [0.2, 0.25) is 21.8 Å². The van der Waals surface area contributed by atoms with Crippen LogP contribution in [0.15, 0.2) is 41.3 Å². The molecule has 0 radical (unpaired) electrons. The lowest BCUT2D eigenvalue weighted by atomic mass is 9.85. The van der Waals surface area contributed by atoms with E-state index in [9.17, 15) is 27.2 Å². The monoisotopic (exact) mass is 563 g/mol. The van der Waals surface area contributed by atoms with Crippen molar-refractivity contribution in [3.8, 4) is 11.5 Å². The minimum absolute atomic E-state index is 0.0126. The first-order chi connectivity index (χ1) is 18.4. The Morgan fingerprint density at radius 3 is 2.36 bits per heavy atom. The summed E-state index contributed by atoms with van der Waals surface area (Å²) < 4.78 is 51.4. The van der Waals surface area contributed by atoms with Gasteiger partial charge in [0.15, 0.2) is 17.3 Å². The number of nitrogens with two attached hydrogens (primary N) is 1. The van der Waals surface area contributed by atoms with Crippen LogP contribution in [0, 0.1) is 11.7 Å². The number of benzene rings is 2. The van der Waals surface area contributed by atoms with Crippen LogP contribution in [0.1, 0.15) is 54.9 Å². The number of carbonyl (C=O) groups is 3. The fourth-order valence-electron chi connectivity index (χ4n) is 4.72. The number of methoxy groups -OCH3 is 2. The maximum absolute atomic E-state index is 13.7. The summed E-state index contributed by atoms with van der Waals surface area (Å²) in [5.41, 5.74) is 5.99. The van der Waals surface area contributed by atoms with E-state index in [1.54, 1.807) is 0 Å². The van der Waals surface area contributed by atoms with E-state index in [0.29, 0.717) is 18.6 Å². The Bertz CT molecular complexity index is 1330. The van der Waals surface area contributed by atoms with Crippen LogP contribution < -0.4 is 20.5 Å². The SMILES string of the molecule is COc1ccc(C(N)=O)c([C@H](CC(C)C)C(=O)NC2CCCN(S(=O)(=O)c3ccc(F)cc3)CC2=O)c1OC. The number of primary amides is 1. The number of nitrogens with zero attached hydrogens (tertiary/aromatic N) is 1. The van der Waals surface area contributed by atoms with Crippen LogP contribution in [0.25, 0.3) is 0 Å². The smallest absolute Gasteiger partial charge is 0.249 e. The molecule has 1 unspecified atom stereocenters. The summed E-state index contributed by atoms with van der Waals surface area (Å²) in [6.45, 7) is 3.43. The average Bonchev–Trinajstić information content (AvgIpc) is 3.07. The van der Waals surface area contributed by atoms with E-state index >= 15 is 0 Å². The van der Waals surface area contributed by atoms with E-state index in [-0.39, 0.29) is 40.7 Å². The summed E-state index contributed by atoms with van der Waals surface area (Å²) in [4.78, 5) is 39.1. The van der Waals surface area contributed by atoms with E-state index in [0.717, 1.165) is 28.6 Å². The zero-order chi connectivity index (χ0) is 28.9. The minimum Gasteiger partial charge on any atom is -0.493 e. The van der Waals surface area contributed by atoms with Crippen molar-refractivity contribution in [3.63, 3.8) is 0 Å². The number of ketones is 1. The molecule has 1 fully saturated rings. The summed E-state index contributed by atoms with van der Waals surface area (Å²) in [6, 6.07) is 6.41. The van der Waals surface area contributed by atoms with Crippen LogP contribution in [-0.2, 0) is 19.6 Å². The second-order valence-electron chi connectivity index (χ2n) is 9.77. The van der Waals surface area contributed by atoms with Crippen LogP contribution in [-0.4, -0.2) is 63.7 Å². The Labute approximate surface area is 227 Å². The van der Waals surface area contributed by atoms with E-state index < -0.39 is 51.9 Å². The number of rotatable bonds is 10. The van der Waals surface area contributed by atoms with Gasteiger partial charge < -0.3 is 20.5 Å². The number of amides is 2. The van der Waals surface area contributed by atoms with Crippen molar-refractivity contribution in [3.05, 3.63) is 53.3 Å². The topological polar surface area (TPSA) is 145 Å². The Morgan fingerprint density at radius 2 is 1.79 bits per heavy atom. The first kappa shape index (κ1) is 30.0. The largest absolute Gasteiger partial charge is 0.493 e. The zero-order valence-electron chi connectivity index (χ0n) is 22.4. The van der Waals surface area contributed by atoms with Gasteiger partial charge in [-0.05, 0) is 61.6 Å². The van der Waals surface area contributed by atoms with Crippen molar-refractivity contribution in [2.75, 3.05) is 27.3 Å². The second-order valence-corrected chi connectivity index (χ2v) is 11.7. The van der Waals surface area contributed by atoms with Crippen LogP contribution in [0.5, 0.6) is 11.5 Å². The van der Waals surface area contributed by atoms with Gasteiger partial charge in [-0.2, -0.15) is 4.31 Å². The number of Topliss-reactive ketones (excluding diaryl/α,β-unsaturated/α-hetero) is 1. The molecule has 1 heterocycles.